The minimum atomic E-state index is -0.103. The maximum absolute atomic E-state index is 12.3. The van der Waals surface area contributed by atoms with Crippen LogP contribution in [0.1, 0.15) is 49.1 Å². The summed E-state index contributed by atoms with van der Waals surface area (Å²) in [6.45, 7) is 8.10. The fourth-order valence-corrected chi connectivity index (χ4v) is 3.95. The lowest BCUT2D eigenvalue weighted by Crippen LogP contribution is -2.26. The average molecular weight is 461 g/mol. The first-order valence-corrected chi connectivity index (χ1v) is 12.1. The molecule has 0 fully saturated rings. The Kier molecular flexibility index (Phi) is 9.51. The summed E-state index contributed by atoms with van der Waals surface area (Å²) in [7, 11) is 0. The third kappa shape index (κ3) is 7.91. The molecule has 0 bridgehead atoms. The SMILES string of the molecule is Cc1c(OCc2ccccc2)c(=O)ccn1CCCCNC(=O)Cc1ccc(CC(C)C)cc1. The number of rotatable bonds is 12. The molecule has 0 saturated carbocycles. The number of ether oxygens (including phenoxy) is 1. The van der Waals surface area contributed by atoms with Gasteiger partial charge in [0, 0.05) is 25.4 Å². The highest BCUT2D eigenvalue weighted by Gasteiger charge is 2.09. The van der Waals surface area contributed by atoms with E-state index >= 15 is 0 Å². The highest BCUT2D eigenvalue weighted by molar-refractivity contribution is 5.78. The monoisotopic (exact) mass is 460 g/mol. The van der Waals surface area contributed by atoms with Crippen LogP contribution in [0.25, 0.3) is 0 Å². The molecule has 0 radical (unpaired) electrons. The summed E-state index contributed by atoms with van der Waals surface area (Å²) < 4.78 is 7.89. The zero-order valence-electron chi connectivity index (χ0n) is 20.5. The van der Waals surface area contributed by atoms with Crippen molar-refractivity contribution in [3.8, 4) is 5.75 Å². The van der Waals surface area contributed by atoms with Crippen LogP contribution in [0.15, 0.2) is 71.7 Å². The van der Waals surface area contributed by atoms with Gasteiger partial charge in [0.1, 0.15) is 6.61 Å². The van der Waals surface area contributed by atoms with Gasteiger partial charge in [-0.3, -0.25) is 9.59 Å². The summed E-state index contributed by atoms with van der Waals surface area (Å²) in [5.74, 6) is 1.08. The number of aryl methyl sites for hydroxylation is 1. The van der Waals surface area contributed by atoms with Gasteiger partial charge in [0.2, 0.25) is 11.3 Å². The molecule has 1 aromatic heterocycles. The molecule has 0 aliphatic carbocycles. The Bertz CT molecular complexity index is 1100. The van der Waals surface area contributed by atoms with Gasteiger partial charge < -0.3 is 14.6 Å². The Morgan fingerprint density at radius 2 is 1.65 bits per heavy atom. The number of amides is 1. The average Bonchev–Trinajstić information content (AvgIpc) is 2.81. The molecule has 5 heteroatoms. The van der Waals surface area contributed by atoms with E-state index in [0.29, 0.717) is 31.2 Å². The number of pyridine rings is 1. The predicted octanol–water partition coefficient (Wildman–Crippen LogP) is 5.07. The van der Waals surface area contributed by atoms with Gasteiger partial charge in [-0.25, -0.2) is 0 Å². The van der Waals surface area contributed by atoms with E-state index in [1.807, 2.05) is 60.2 Å². The van der Waals surface area contributed by atoms with Gasteiger partial charge in [0.05, 0.1) is 12.1 Å². The summed E-state index contributed by atoms with van der Waals surface area (Å²) >= 11 is 0. The van der Waals surface area contributed by atoms with Crippen LogP contribution in [-0.4, -0.2) is 17.0 Å². The van der Waals surface area contributed by atoms with Crippen molar-refractivity contribution in [2.24, 2.45) is 5.92 Å². The molecule has 1 heterocycles. The number of nitrogens with one attached hydrogen (secondary N) is 1. The molecule has 2 aromatic carbocycles. The maximum Gasteiger partial charge on any atom is 0.224 e. The minimum absolute atomic E-state index is 0.0488. The fourth-order valence-electron chi connectivity index (χ4n) is 3.95. The summed E-state index contributed by atoms with van der Waals surface area (Å²) in [5.41, 5.74) is 4.10. The number of carbonyl (C=O) groups excluding carboxylic acids is 1. The van der Waals surface area contributed by atoms with E-state index in [1.165, 1.54) is 5.56 Å². The van der Waals surface area contributed by atoms with Gasteiger partial charge in [-0.05, 0) is 48.8 Å². The van der Waals surface area contributed by atoms with Crippen molar-refractivity contribution in [3.05, 3.63) is 99.5 Å². The first kappa shape index (κ1) is 25.3. The van der Waals surface area contributed by atoms with E-state index in [9.17, 15) is 9.59 Å². The first-order chi connectivity index (χ1) is 16.4. The standard InChI is InChI=1S/C29H36N2O3/c1-22(2)19-24-11-13-25(14-12-24)20-28(33)30-16-7-8-17-31-18-15-27(32)29(23(31)3)34-21-26-9-5-4-6-10-26/h4-6,9-15,18,22H,7-8,16-17,19-21H2,1-3H3,(H,30,33). The molecule has 0 aliphatic heterocycles. The zero-order chi connectivity index (χ0) is 24.3. The van der Waals surface area contributed by atoms with E-state index in [2.05, 4.69) is 31.3 Å². The molecule has 3 rings (SSSR count). The molecular formula is C29H36N2O3. The predicted molar refractivity (Wildman–Crippen MR) is 137 cm³/mol. The third-order valence-electron chi connectivity index (χ3n) is 5.79. The van der Waals surface area contributed by atoms with Crippen LogP contribution < -0.4 is 15.5 Å². The van der Waals surface area contributed by atoms with Gasteiger partial charge in [-0.15, -0.1) is 0 Å². The van der Waals surface area contributed by atoms with Crippen molar-refractivity contribution >= 4 is 5.91 Å². The number of unbranched alkanes of at least 4 members (excludes halogenated alkanes) is 1. The Labute approximate surface area is 202 Å². The van der Waals surface area contributed by atoms with Crippen LogP contribution in [0.4, 0.5) is 0 Å². The second kappa shape index (κ2) is 12.8. The normalized spacial score (nSPS) is 10.9. The van der Waals surface area contributed by atoms with Crippen LogP contribution in [0.5, 0.6) is 5.75 Å². The molecule has 3 aromatic rings. The number of hydrogen-bond donors (Lipinski definition) is 1. The van der Waals surface area contributed by atoms with Crippen molar-refractivity contribution in [3.63, 3.8) is 0 Å². The van der Waals surface area contributed by atoms with E-state index in [1.54, 1.807) is 6.07 Å². The van der Waals surface area contributed by atoms with Crippen molar-refractivity contribution in [1.82, 2.24) is 9.88 Å². The molecule has 180 valence electrons. The minimum Gasteiger partial charge on any atom is -0.483 e. The largest absolute Gasteiger partial charge is 0.483 e. The molecule has 0 unspecified atom stereocenters. The van der Waals surface area contributed by atoms with Crippen LogP contribution in [-0.2, 0) is 30.8 Å². The Balaban J connectivity index is 1.41. The topological polar surface area (TPSA) is 60.3 Å². The fraction of sp³-hybridized carbons (Fsp3) is 0.379. The van der Waals surface area contributed by atoms with Gasteiger partial charge in [-0.2, -0.15) is 0 Å². The van der Waals surface area contributed by atoms with E-state index in [0.717, 1.165) is 42.6 Å². The number of hydrogen-bond acceptors (Lipinski definition) is 3. The number of nitrogens with zero attached hydrogens (tertiary/aromatic N) is 1. The highest BCUT2D eigenvalue weighted by Crippen LogP contribution is 2.15. The van der Waals surface area contributed by atoms with Crippen LogP contribution in [0.3, 0.4) is 0 Å². The van der Waals surface area contributed by atoms with Crippen molar-refractivity contribution in [2.45, 2.75) is 59.6 Å². The summed E-state index contributed by atoms with van der Waals surface area (Å²) in [6, 6.07) is 19.7. The van der Waals surface area contributed by atoms with Crippen LogP contribution in [0, 0.1) is 12.8 Å². The molecule has 0 aliphatic rings. The molecule has 0 saturated heterocycles. The van der Waals surface area contributed by atoms with Crippen molar-refractivity contribution < 1.29 is 9.53 Å². The van der Waals surface area contributed by atoms with Gasteiger partial charge >= 0.3 is 0 Å². The Morgan fingerprint density at radius 1 is 0.941 bits per heavy atom. The molecule has 0 spiro atoms. The number of aromatic nitrogens is 1. The molecular weight excluding hydrogens is 424 g/mol. The molecule has 1 amide bonds. The molecule has 1 N–H and O–H groups in total. The first-order valence-electron chi connectivity index (χ1n) is 12.1. The van der Waals surface area contributed by atoms with Crippen LogP contribution >= 0.6 is 0 Å². The van der Waals surface area contributed by atoms with Gasteiger partial charge in [0.15, 0.2) is 5.75 Å². The second-order valence-electron chi connectivity index (χ2n) is 9.21. The Hall–Kier alpha value is -3.34. The second-order valence-corrected chi connectivity index (χ2v) is 9.21. The summed E-state index contributed by atoms with van der Waals surface area (Å²) in [5, 5.41) is 3.01. The maximum atomic E-state index is 12.3. The third-order valence-corrected chi connectivity index (χ3v) is 5.79. The van der Waals surface area contributed by atoms with E-state index < -0.39 is 0 Å². The smallest absolute Gasteiger partial charge is 0.224 e. The molecule has 34 heavy (non-hydrogen) atoms. The lowest BCUT2D eigenvalue weighted by molar-refractivity contribution is -0.120. The lowest BCUT2D eigenvalue weighted by Gasteiger charge is -2.15. The number of carbonyl (C=O) groups is 1. The Morgan fingerprint density at radius 3 is 2.35 bits per heavy atom. The zero-order valence-corrected chi connectivity index (χ0v) is 20.5. The molecule has 0 atom stereocenters. The van der Waals surface area contributed by atoms with Crippen molar-refractivity contribution in [2.75, 3.05) is 6.54 Å². The summed E-state index contributed by atoms with van der Waals surface area (Å²) in [4.78, 5) is 24.6. The summed E-state index contributed by atoms with van der Waals surface area (Å²) in [6.07, 6.45) is 5.04. The quantitative estimate of drug-likeness (QED) is 0.384. The van der Waals surface area contributed by atoms with Crippen LogP contribution in [0.2, 0.25) is 0 Å². The number of benzene rings is 2. The van der Waals surface area contributed by atoms with E-state index in [-0.39, 0.29) is 11.3 Å². The highest BCUT2D eigenvalue weighted by atomic mass is 16.5. The van der Waals surface area contributed by atoms with E-state index in [4.69, 9.17) is 4.74 Å². The van der Waals surface area contributed by atoms with Gasteiger partial charge in [0.25, 0.3) is 0 Å². The van der Waals surface area contributed by atoms with Gasteiger partial charge in [-0.1, -0.05) is 68.4 Å². The molecule has 5 nitrogen and oxygen atoms in total. The lowest BCUT2D eigenvalue weighted by atomic mass is 10.0. The van der Waals surface area contributed by atoms with Crippen molar-refractivity contribution in [1.29, 1.82) is 0 Å².